The molecule has 0 unspecified atom stereocenters. The van der Waals surface area contributed by atoms with Gasteiger partial charge in [0.05, 0.1) is 16.9 Å². The summed E-state index contributed by atoms with van der Waals surface area (Å²) in [5.74, 6) is 0.218. The van der Waals surface area contributed by atoms with Crippen LogP contribution in [-0.4, -0.2) is 13.4 Å². The van der Waals surface area contributed by atoms with Crippen LogP contribution in [0, 0.1) is 6.92 Å². The van der Waals surface area contributed by atoms with Crippen molar-refractivity contribution in [3.8, 4) is 0 Å². The normalized spacial score (nSPS) is 11.1. The molecule has 0 saturated heterocycles. The van der Waals surface area contributed by atoms with Gasteiger partial charge in [0.1, 0.15) is 10.7 Å². The van der Waals surface area contributed by atoms with Gasteiger partial charge < -0.3 is 5.32 Å². The van der Waals surface area contributed by atoms with E-state index in [0.717, 1.165) is 16.9 Å². The fourth-order valence-corrected chi connectivity index (χ4v) is 3.78. The molecule has 3 aromatic rings. The van der Waals surface area contributed by atoms with Crippen molar-refractivity contribution in [1.82, 2.24) is 4.98 Å². The minimum absolute atomic E-state index is 0.0144. The molecule has 0 amide bonds. The number of sulfonamides is 1. The highest BCUT2D eigenvalue weighted by Gasteiger charge is 2.17. The molecule has 0 aliphatic heterocycles. The van der Waals surface area contributed by atoms with Crippen LogP contribution >= 0.6 is 11.6 Å². The van der Waals surface area contributed by atoms with E-state index in [1.54, 1.807) is 30.5 Å². The zero-order valence-electron chi connectivity index (χ0n) is 13.4. The van der Waals surface area contributed by atoms with Crippen LogP contribution in [0.2, 0.25) is 5.02 Å². The summed E-state index contributed by atoms with van der Waals surface area (Å²) in [6.07, 6.45) is 1.57. The van der Waals surface area contributed by atoms with E-state index in [1.165, 1.54) is 12.1 Å². The van der Waals surface area contributed by atoms with Gasteiger partial charge in [0.15, 0.2) is 0 Å². The number of pyridine rings is 1. The van der Waals surface area contributed by atoms with Crippen molar-refractivity contribution in [3.63, 3.8) is 0 Å². The minimum atomic E-state index is -3.79. The Morgan fingerprint density at radius 1 is 0.960 bits per heavy atom. The molecular formula is C18H16ClN3O2S. The predicted octanol–water partition coefficient (Wildman–Crippen LogP) is 4.59. The van der Waals surface area contributed by atoms with Crippen LogP contribution < -0.4 is 10.0 Å². The standard InChI is InChI=1S/C18H16ClN3O2S/c1-13-6-2-4-8-16(13)21-14-10-11-18(20-12-14)22-25(23,24)17-9-5-3-7-15(17)19/h2-12,21H,1H3,(H,20,22). The first kappa shape index (κ1) is 17.3. The first-order valence-electron chi connectivity index (χ1n) is 7.52. The van der Waals surface area contributed by atoms with Crippen LogP contribution in [0.5, 0.6) is 0 Å². The van der Waals surface area contributed by atoms with Crippen LogP contribution in [0.25, 0.3) is 0 Å². The summed E-state index contributed by atoms with van der Waals surface area (Å²) in [5, 5.41) is 3.40. The molecule has 3 rings (SSSR count). The second kappa shape index (κ2) is 7.13. The van der Waals surface area contributed by atoms with Crippen molar-refractivity contribution in [2.45, 2.75) is 11.8 Å². The predicted molar refractivity (Wildman–Crippen MR) is 101 cm³/mol. The third kappa shape index (κ3) is 4.10. The maximum atomic E-state index is 12.4. The first-order valence-corrected chi connectivity index (χ1v) is 9.38. The molecule has 7 heteroatoms. The summed E-state index contributed by atoms with van der Waals surface area (Å²) in [6.45, 7) is 2.00. The topological polar surface area (TPSA) is 71.1 Å². The summed E-state index contributed by atoms with van der Waals surface area (Å²) in [6, 6.07) is 17.5. The molecule has 128 valence electrons. The van der Waals surface area contributed by atoms with Gasteiger partial charge in [-0.3, -0.25) is 4.72 Å². The molecule has 2 aromatic carbocycles. The smallest absolute Gasteiger partial charge is 0.264 e. The largest absolute Gasteiger partial charge is 0.354 e. The lowest BCUT2D eigenvalue weighted by molar-refractivity contribution is 0.601. The Morgan fingerprint density at radius 3 is 2.36 bits per heavy atom. The number of aromatic nitrogens is 1. The molecular weight excluding hydrogens is 358 g/mol. The Hall–Kier alpha value is -2.57. The van der Waals surface area contributed by atoms with Crippen LogP contribution in [0.4, 0.5) is 17.2 Å². The lowest BCUT2D eigenvalue weighted by atomic mass is 10.2. The van der Waals surface area contributed by atoms with Crippen molar-refractivity contribution in [2.24, 2.45) is 0 Å². The Morgan fingerprint density at radius 2 is 1.68 bits per heavy atom. The number of aryl methyl sites for hydroxylation is 1. The SMILES string of the molecule is Cc1ccccc1Nc1ccc(NS(=O)(=O)c2ccccc2Cl)nc1. The quantitative estimate of drug-likeness (QED) is 0.686. The van der Waals surface area contributed by atoms with E-state index >= 15 is 0 Å². The van der Waals surface area contributed by atoms with Crippen LogP contribution in [-0.2, 0) is 10.0 Å². The molecule has 0 atom stereocenters. The van der Waals surface area contributed by atoms with Gasteiger partial charge in [0.2, 0.25) is 0 Å². The van der Waals surface area contributed by atoms with Gasteiger partial charge in [-0.05, 0) is 42.8 Å². The molecule has 0 saturated carbocycles. The second-order valence-electron chi connectivity index (χ2n) is 5.41. The number of anilines is 3. The average Bonchev–Trinajstić information content (AvgIpc) is 2.58. The van der Waals surface area contributed by atoms with E-state index < -0.39 is 10.0 Å². The van der Waals surface area contributed by atoms with Gasteiger partial charge in [-0.2, -0.15) is 0 Å². The Kier molecular flexibility index (Phi) is 4.92. The zero-order valence-corrected chi connectivity index (χ0v) is 15.0. The van der Waals surface area contributed by atoms with E-state index in [9.17, 15) is 8.42 Å². The number of nitrogens with zero attached hydrogens (tertiary/aromatic N) is 1. The summed E-state index contributed by atoms with van der Waals surface area (Å²) < 4.78 is 27.2. The van der Waals surface area contributed by atoms with E-state index in [0.29, 0.717) is 0 Å². The van der Waals surface area contributed by atoms with E-state index in [2.05, 4.69) is 15.0 Å². The molecule has 25 heavy (non-hydrogen) atoms. The first-order chi connectivity index (χ1) is 12.0. The lowest BCUT2D eigenvalue weighted by Crippen LogP contribution is -2.14. The van der Waals surface area contributed by atoms with Gasteiger partial charge in [0, 0.05) is 5.69 Å². The lowest BCUT2D eigenvalue weighted by Gasteiger charge is -2.11. The molecule has 5 nitrogen and oxygen atoms in total. The van der Waals surface area contributed by atoms with Crippen LogP contribution in [0.15, 0.2) is 71.8 Å². The Labute approximate surface area is 151 Å². The number of nitrogens with one attached hydrogen (secondary N) is 2. The molecule has 0 bridgehead atoms. The van der Waals surface area contributed by atoms with E-state index in [1.807, 2.05) is 31.2 Å². The molecule has 1 heterocycles. The number of halogens is 1. The van der Waals surface area contributed by atoms with Crippen molar-refractivity contribution in [2.75, 3.05) is 10.0 Å². The number of benzene rings is 2. The van der Waals surface area contributed by atoms with Crippen LogP contribution in [0.1, 0.15) is 5.56 Å². The van der Waals surface area contributed by atoms with E-state index in [4.69, 9.17) is 11.6 Å². The number of hydrogen-bond acceptors (Lipinski definition) is 4. The third-order valence-electron chi connectivity index (χ3n) is 3.55. The number of hydrogen-bond donors (Lipinski definition) is 2. The van der Waals surface area contributed by atoms with Crippen molar-refractivity contribution in [1.29, 1.82) is 0 Å². The molecule has 0 aliphatic rings. The fourth-order valence-electron chi connectivity index (χ4n) is 2.25. The molecule has 0 spiro atoms. The second-order valence-corrected chi connectivity index (χ2v) is 7.47. The highest BCUT2D eigenvalue weighted by atomic mass is 35.5. The van der Waals surface area contributed by atoms with E-state index in [-0.39, 0.29) is 15.7 Å². The molecule has 0 radical (unpaired) electrons. The van der Waals surface area contributed by atoms with Gasteiger partial charge in [0.25, 0.3) is 10.0 Å². The molecule has 2 N–H and O–H groups in total. The summed E-state index contributed by atoms with van der Waals surface area (Å²) in [7, 11) is -3.79. The third-order valence-corrected chi connectivity index (χ3v) is 5.41. The molecule has 0 fully saturated rings. The zero-order chi connectivity index (χ0) is 17.9. The number of para-hydroxylation sites is 1. The summed E-state index contributed by atoms with van der Waals surface area (Å²) in [5.41, 5.74) is 2.83. The molecule has 0 aliphatic carbocycles. The average molecular weight is 374 g/mol. The van der Waals surface area contributed by atoms with Gasteiger partial charge in [-0.15, -0.1) is 0 Å². The maximum absolute atomic E-state index is 12.4. The van der Waals surface area contributed by atoms with Crippen LogP contribution in [0.3, 0.4) is 0 Å². The van der Waals surface area contributed by atoms with Gasteiger partial charge in [-0.25, -0.2) is 13.4 Å². The van der Waals surface area contributed by atoms with Crippen molar-refractivity contribution in [3.05, 3.63) is 77.4 Å². The number of rotatable bonds is 5. The monoisotopic (exact) mass is 373 g/mol. The Balaban J connectivity index is 1.77. The van der Waals surface area contributed by atoms with Gasteiger partial charge in [-0.1, -0.05) is 41.9 Å². The summed E-state index contributed by atoms with van der Waals surface area (Å²) in [4.78, 5) is 4.16. The van der Waals surface area contributed by atoms with Crippen molar-refractivity contribution >= 4 is 38.8 Å². The minimum Gasteiger partial charge on any atom is -0.354 e. The highest BCUT2D eigenvalue weighted by molar-refractivity contribution is 7.92. The Bertz CT molecular complexity index is 989. The maximum Gasteiger partial charge on any atom is 0.264 e. The molecule has 1 aromatic heterocycles. The van der Waals surface area contributed by atoms with Gasteiger partial charge >= 0.3 is 0 Å². The highest BCUT2D eigenvalue weighted by Crippen LogP contribution is 2.24. The summed E-state index contributed by atoms with van der Waals surface area (Å²) >= 11 is 5.96. The van der Waals surface area contributed by atoms with Crippen molar-refractivity contribution < 1.29 is 8.42 Å². The fraction of sp³-hybridized carbons (Fsp3) is 0.0556.